The van der Waals surface area contributed by atoms with E-state index in [4.69, 9.17) is 9.47 Å². The summed E-state index contributed by atoms with van der Waals surface area (Å²) in [7, 11) is 1.50. The zero-order chi connectivity index (χ0) is 13.7. The number of carbonyl (C=O) groups excluding carboxylic acids is 1. The monoisotopic (exact) mass is 384 g/mol. The average Bonchev–Trinajstić information content (AvgIpc) is 2.33. The van der Waals surface area contributed by atoms with Gasteiger partial charge in [0.2, 0.25) is 0 Å². The van der Waals surface area contributed by atoms with E-state index in [1.165, 1.54) is 13.2 Å². The molecule has 0 aromatic heterocycles. The highest BCUT2D eigenvalue weighted by Gasteiger charge is 2.22. The number of carbonyl (C=O) groups is 1. The summed E-state index contributed by atoms with van der Waals surface area (Å²) in [5, 5.41) is 0. The van der Waals surface area contributed by atoms with E-state index in [-0.39, 0.29) is 12.4 Å². The highest BCUT2D eigenvalue weighted by Crippen LogP contribution is 2.36. The van der Waals surface area contributed by atoms with Crippen LogP contribution in [0.15, 0.2) is 21.1 Å². The number of alkyl halides is 1. The maximum Gasteiger partial charge on any atom is 0.381 e. The Hall–Kier alpha value is -0.820. The van der Waals surface area contributed by atoms with E-state index < -0.39 is 12.3 Å². The molecule has 0 amide bonds. The van der Waals surface area contributed by atoms with E-state index in [0.717, 1.165) is 0 Å². The van der Waals surface area contributed by atoms with Crippen LogP contribution in [0.2, 0.25) is 0 Å². The summed E-state index contributed by atoms with van der Waals surface area (Å²) in [6.45, 7) is 1.68. The van der Waals surface area contributed by atoms with Crippen molar-refractivity contribution in [3.05, 3.63) is 21.1 Å². The number of hydrogen-bond donors (Lipinski definition) is 0. The van der Waals surface area contributed by atoms with E-state index >= 15 is 0 Å². The minimum absolute atomic E-state index is 0.0933. The Morgan fingerprint density at radius 1 is 1.33 bits per heavy atom. The molecule has 0 N–H and O–H groups in total. The Morgan fingerprint density at radius 2 is 1.89 bits per heavy atom. The Morgan fingerprint density at radius 3 is 2.44 bits per heavy atom. The van der Waals surface area contributed by atoms with Crippen molar-refractivity contribution in [3.63, 3.8) is 0 Å². The number of halogens is 3. The highest BCUT2D eigenvalue weighted by molar-refractivity contribution is 9.11. The first-order valence-electron chi connectivity index (χ1n) is 5.00. The summed E-state index contributed by atoms with van der Waals surface area (Å²) < 4.78 is 28.9. The molecule has 1 atom stereocenters. The van der Waals surface area contributed by atoms with Crippen molar-refractivity contribution in [2.24, 2.45) is 0 Å². The van der Waals surface area contributed by atoms with Gasteiger partial charge in [-0.05, 0) is 50.9 Å². The molecule has 1 unspecified atom stereocenters. The minimum atomic E-state index is -2.17. The standard InChI is InChI=1S/C11H11Br2FO4/c1-3-17-11(15)10(14)18-9-5-6(12)8(16-2)4-7(9)13/h4-5,10H,3H2,1-2H3. The van der Waals surface area contributed by atoms with Gasteiger partial charge in [-0.1, -0.05) is 0 Å². The van der Waals surface area contributed by atoms with Crippen LogP contribution in [-0.2, 0) is 9.53 Å². The predicted octanol–water partition coefficient (Wildman–Crippen LogP) is 3.46. The van der Waals surface area contributed by atoms with Crippen molar-refractivity contribution >= 4 is 37.8 Å². The van der Waals surface area contributed by atoms with Crippen molar-refractivity contribution in [1.82, 2.24) is 0 Å². The van der Waals surface area contributed by atoms with Crippen molar-refractivity contribution in [2.75, 3.05) is 13.7 Å². The topological polar surface area (TPSA) is 44.8 Å². The molecule has 0 aliphatic heterocycles. The number of benzene rings is 1. The van der Waals surface area contributed by atoms with Gasteiger partial charge in [0.05, 0.1) is 22.7 Å². The summed E-state index contributed by atoms with van der Waals surface area (Å²) in [5.41, 5.74) is 0. The average molecular weight is 386 g/mol. The van der Waals surface area contributed by atoms with Crippen molar-refractivity contribution < 1.29 is 23.4 Å². The lowest BCUT2D eigenvalue weighted by Crippen LogP contribution is -2.24. The maximum atomic E-state index is 13.4. The fourth-order valence-electron chi connectivity index (χ4n) is 1.12. The number of esters is 1. The van der Waals surface area contributed by atoms with Gasteiger partial charge in [0.1, 0.15) is 11.5 Å². The second-order valence-electron chi connectivity index (χ2n) is 3.10. The van der Waals surface area contributed by atoms with Gasteiger partial charge in [-0.2, -0.15) is 4.39 Å². The van der Waals surface area contributed by atoms with Crippen molar-refractivity contribution in [1.29, 1.82) is 0 Å². The summed E-state index contributed by atoms with van der Waals surface area (Å²) in [4.78, 5) is 11.1. The molecule has 0 aliphatic carbocycles. The third kappa shape index (κ3) is 3.84. The number of hydrogen-bond acceptors (Lipinski definition) is 4. The minimum Gasteiger partial charge on any atom is -0.496 e. The molecule has 0 spiro atoms. The van der Waals surface area contributed by atoms with E-state index in [1.54, 1.807) is 13.0 Å². The molecule has 1 aromatic rings. The molecule has 18 heavy (non-hydrogen) atoms. The van der Waals surface area contributed by atoms with Gasteiger partial charge in [0, 0.05) is 0 Å². The molecule has 0 saturated heterocycles. The molecule has 7 heteroatoms. The quantitative estimate of drug-likeness (QED) is 0.728. The van der Waals surface area contributed by atoms with Crippen LogP contribution in [0.1, 0.15) is 6.92 Å². The molecule has 100 valence electrons. The Bertz CT molecular complexity index is 439. The van der Waals surface area contributed by atoms with Gasteiger partial charge in [-0.3, -0.25) is 0 Å². The van der Waals surface area contributed by atoms with Crippen LogP contribution in [0.25, 0.3) is 0 Å². The van der Waals surface area contributed by atoms with E-state index in [9.17, 15) is 9.18 Å². The molecule has 4 nitrogen and oxygen atoms in total. The van der Waals surface area contributed by atoms with Crippen LogP contribution < -0.4 is 9.47 Å². The molecule has 0 fully saturated rings. The van der Waals surface area contributed by atoms with Gasteiger partial charge in [0.15, 0.2) is 0 Å². The second kappa shape index (κ2) is 6.94. The van der Waals surface area contributed by atoms with Gasteiger partial charge in [-0.15, -0.1) is 0 Å². The lowest BCUT2D eigenvalue weighted by atomic mass is 10.3. The first-order chi connectivity index (χ1) is 8.49. The molecule has 1 rings (SSSR count). The first-order valence-corrected chi connectivity index (χ1v) is 6.58. The molecule has 0 radical (unpaired) electrons. The van der Waals surface area contributed by atoms with Crippen LogP contribution >= 0.6 is 31.9 Å². The molecule has 0 saturated carbocycles. The lowest BCUT2D eigenvalue weighted by molar-refractivity contribution is -0.159. The lowest BCUT2D eigenvalue weighted by Gasteiger charge is -2.13. The third-order valence-corrected chi connectivity index (χ3v) is 3.15. The van der Waals surface area contributed by atoms with Gasteiger partial charge in [0.25, 0.3) is 0 Å². The Labute approximate surface area is 121 Å². The zero-order valence-corrected chi connectivity index (χ0v) is 12.9. The van der Waals surface area contributed by atoms with Gasteiger partial charge in [-0.25, -0.2) is 4.79 Å². The summed E-state index contributed by atoms with van der Waals surface area (Å²) in [6.07, 6.45) is -2.17. The fourth-order valence-corrected chi connectivity index (χ4v) is 2.02. The van der Waals surface area contributed by atoms with Crippen LogP contribution in [0.3, 0.4) is 0 Å². The number of ether oxygens (including phenoxy) is 3. The molecular formula is C11H11Br2FO4. The van der Waals surface area contributed by atoms with Crippen LogP contribution in [0.4, 0.5) is 4.39 Å². The van der Waals surface area contributed by atoms with Gasteiger partial charge < -0.3 is 14.2 Å². The largest absolute Gasteiger partial charge is 0.496 e. The molecule has 0 aliphatic rings. The van der Waals surface area contributed by atoms with E-state index in [0.29, 0.717) is 14.7 Å². The Kier molecular flexibility index (Phi) is 5.87. The molecule has 0 bridgehead atoms. The molecule has 0 heterocycles. The molecule has 1 aromatic carbocycles. The van der Waals surface area contributed by atoms with Crippen molar-refractivity contribution in [3.8, 4) is 11.5 Å². The van der Waals surface area contributed by atoms with Gasteiger partial charge >= 0.3 is 12.3 Å². The maximum absolute atomic E-state index is 13.4. The summed E-state index contributed by atoms with van der Waals surface area (Å²) in [5.74, 6) is -0.333. The number of rotatable bonds is 5. The molecular weight excluding hydrogens is 375 g/mol. The van der Waals surface area contributed by atoms with Crippen LogP contribution in [-0.4, -0.2) is 26.0 Å². The summed E-state index contributed by atoms with van der Waals surface area (Å²) in [6, 6.07) is 3.09. The smallest absolute Gasteiger partial charge is 0.381 e. The van der Waals surface area contributed by atoms with Crippen LogP contribution in [0.5, 0.6) is 11.5 Å². The van der Waals surface area contributed by atoms with Crippen molar-refractivity contribution in [2.45, 2.75) is 13.3 Å². The fraction of sp³-hybridized carbons (Fsp3) is 0.364. The zero-order valence-electron chi connectivity index (χ0n) is 9.71. The van der Waals surface area contributed by atoms with E-state index in [2.05, 4.69) is 36.6 Å². The second-order valence-corrected chi connectivity index (χ2v) is 4.81. The SMILES string of the molecule is CCOC(=O)C(F)Oc1cc(Br)c(OC)cc1Br. The summed E-state index contributed by atoms with van der Waals surface area (Å²) >= 11 is 6.43. The van der Waals surface area contributed by atoms with Crippen LogP contribution in [0, 0.1) is 0 Å². The normalized spacial score (nSPS) is 11.8. The first kappa shape index (κ1) is 15.2. The van der Waals surface area contributed by atoms with E-state index in [1.807, 2.05) is 0 Å². The number of methoxy groups -OCH3 is 1. The Balaban J connectivity index is 2.85. The predicted molar refractivity (Wildman–Crippen MR) is 70.6 cm³/mol. The third-order valence-electron chi connectivity index (χ3n) is 1.91. The highest BCUT2D eigenvalue weighted by atomic mass is 79.9.